The van der Waals surface area contributed by atoms with Crippen LogP contribution in [0, 0.1) is 0 Å². The molecule has 8 nitrogen and oxygen atoms in total. The van der Waals surface area contributed by atoms with Crippen LogP contribution < -0.4 is 9.80 Å². The van der Waals surface area contributed by atoms with Gasteiger partial charge in [-0.25, -0.2) is 9.97 Å². The Hall–Kier alpha value is -3.07. The van der Waals surface area contributed by atoms with E-state index in [1.54, 1.807) is 22.3 Å². The zero-order valence-corrected chi connectivity index (χ0v) is 14.7. The zero-order chi connectivity index (χ0) is 17.3. The number of para-hydroxylation sites is 1. The summed E-state index contributed by atoms with van der Waals surface area (Å²) in [4.78, 5) is 14.4. The smallest absolute Gasteiger partial charge is 0.250 e. The molecule has 1 aliphatic heterocycles. The second kappa shape index (κ2) is 6.34. The highest BCUT2D eigenvalue weighted by Crippen LogP contribution is 2.28. The molecule has 4 aromatic rings. The first-order valence-electron chi connectivity index (χ1n) is 8.42. The molecular formula is C17H16N8S. The minimum Gasteiger partial charge on any atom is -0.352 e. The predicted octanol–water partition coefficient (Wildman–Crippen LogP) is 1.99. The van der Waals surface area contributed by atoms with Gasteiger partial charge >= 0.3 is 0 Å². The third kappa shape index (κ3) is 2.57. The minimum atomic E-state index is 0.777. The van der Waals surface area contributed by atoms with E-state index in [1.807, 2.05) is 30.3 Å². The van der Waals surface area contributed by atoms with Gasteiger partial charge in [0.15, 0.2) is 0 Å². The van der Waals surface area contributed by atoms with Gasteiger partial charge in [0.1, 0.15) is 17.0 Å². The lowest BCUT2D eigenvalue weighted by Gasteiger charge is -2.35. The van der Waals surface area contributed by atoms with Crippen molar-refractivity contribution in [2.24, 2.45) is 0 Å². The zero-order valence-electron chi connectivity index (χ0n) is 13.9. The van der Waals surface area contributed by atoms with Crippen LogP contribution >= 0.6 is 11.3 Å². The number of hydrogen-bond donors (Lipinski definition) is 0. The fourth-order valence-corrected chi connectivity index (χ4v) is 3.99. The van der Waals surface area contributed by atoms with Gasteiger partial charge in [-0.1, -0.05) is 23.3 Å². The van der Waals surface area contributed by atoms with Crippen molar-refractivity contribution in [3.63, 3.8) is 0 Å². The van der Waals surface area contributed by atoms with E-state index in [1.165, 1.54) is 0 Å². The molecule has 0 N–H and O–H groups in total. The highest BCUT2D eigenvalue weighted by molar-refractivity contribution is 7.16. The van der Waals surface area contributed by atoms with E-state index in [4.69, 9.17) is 0 Å². The average molecular weight is 364 g/mol. The number of anilines is 2. The first-order chi connectivity index (χ1) is 12.9. The normalized spacial score (nSPS) is 14.9. The molecule has 0 unspecified atom stereocenters. The largest absolute Gasteiger partial charge is 0.352 e. The Balaban J connectivity index is 1.37. The Bertz CT molecular complexity index is 1020. The molecule has 0 amide bonds. The Kier molecular flexibility index (Phi) is 3.71. The Labute approximate surface area is 153 Å². The number of nitrogens with zero attached hydrogens (tertiary/aromatic N) is 8. The standard InChI is InChI=1S/C17H16N8S/c1-2-4-13(5-3-1)25-17(20-21-22-25)24-9-7-23(8-10-24)15-14-6-11-26-16(14)19-12-18-15/h1-6,11-12H,7-10H2. The lowest BCUT2D eigenvalue weighted by atomic mass is 10.3. The molecule has 0 radical (unpaired) electrons. The number of aromatic nitrogens is 6. The van der Waals surface area contributed by atoms with Gasteiger partial charge in [0.2, 0.25) is 5.95 Å². The predicted molar refractivity (Wildman–Crippen MR) is 101 cm³/mol. The number of hydrogen-bond acceptors (Lipinski definition) is 8. The van der Waals surface area contributed by atoms with Gasteiger partial charge in [0.25, 0.3) is 0 Å². The summed E-state index contributed by atoms with van der Waals surface area (Å²) in [6, 6.07) is 12.1. The molecular weight excluding hydrogens is 348 g/mol. The second-order valence-corrected chi connectivity index (χ2v) is 6.93. The number of rotatable bonds is 3. The third-order valence-corrected chi connectivity index (χ3v) is 5.38. The first-order valence-corrected chi connectivity index (χ1v) is 9.30. The molecule has 1 fully saturated rings. The van der Waals surface area contributed by atoms with Crippen molar-refractivity contribution in [2.45, 2.75) is 0 Å². The summed E-state index contributed by atoms with van der Waals surface area (Å²) in [6.45, 7) is 3.40. The summed E-state index contributed by atoms with van der Waals surface area (Å²) in [6.07, 6.45) is 1.65. The molecule has 0 bridgehead atoms. The lowest BCUT2D eigenvalue weighted by molar-refractivity contribution is 0.628. The quantitative estimate of drug-likeness (QED) is 0.550. The fourth-order valence-electron chi connectivity index (χ4n) is 3.26. The molecule has 1 saturated heterocycles. The van der Waals surface area contributed by atoms with Gasteiger partial charge in [0, 0.05) is 26.2 Å². The van der Waals surface area contributed by atoms with Crippen LogP contribution in [0.3, 0.4) is 0 Å². The van der Waals surface area contributed by atoms with E-state index in [0.29, 0.717) is 0 Å². The molecule has 3 aromatic heterocycles. The third-order valence-electron chi connectivity index (χ3n) is 4.56. The van der Waals surface area contributed by atoms with Crippen LogP contribution in [0.2, 0.25) is 0 Å². The fraction of sp³-hybridized carbons (Fsp3) is 0.235. The van der Waals surface area contributed by atoms with E-state index < -0.39 is 0 Å². The maximum atomic E-state index is 4.51. The van der Waals surface area contributed by atoms with E-state index in [9.17, 15) is 0 Å². The van der Waals surface area contributed by atoms with Gasteiger partial charge in [-0.05, 0) is 34.0 Å². The number of tetrazole rings is 1. The number of piperazine rings is 1. The number of thiophene rings is 1. The average Bonchev–Trinajstić information content (AvgIpc) is 3.38. The van der Waals surface area contributed by atoms with Crippen LogP contribution in [-0.2, 0) is 0 Å². The second-order valence-electron chi connectivity index (χ2n) is 6.04. The Morgan fingerprint density at radius 1 is 0.885 bits per heavy atom. The monoisotopic (exact) mass is 364 g/mol. The summed E-state index contributed by atoms with van der Waals surface area (Å²) in [5, 5.41) is 15.5. The molecule has 26 heavy (non-hydrogen) atoms. The van der Waals surface area contributed by atoms with Crippen molar-refractivity contribution in [3.8, 4) is 5.69 Å². The van der Waals surface area contributed by atoms with E-state index in [2.05, 4.69) is 46.7 Å². The van der Waals surface area contributed by atoms with E-state index in [-0.39, 0.29) is 0 Å². The topological polar surface area (TPSA) is 75.9 Å². The summed E-state index contributed by atoms with van der Waals surface area (Å²) < 4.78 is 1.79. The van der Waals surface area contributed by atoms with Gasteiger partial charge in [-0.2, -0.15) is 4.68 Å². The Morgan fingerprint density at radius 3 is 2.54 bits per heavy atom. The van der Waals surface area contributed by atoms with Gasteiger partial charge in [-0.15, -0.1) is 11.3 Å². The highest BCUT2D eigenvalue weighted by atomic mass is 32.1. The molecule has 5 rings (SSSR count). The lowest BCUT2D eigenvalue weighted by Crippen LogP contribution is -2.47. The van der Waals surface area contributed by atoms with Crippen molar-refractivity contribution in [1.29, 1.82) is 0 Å². The van der Waals surface area contributed by atoms with Crippen molar-refractivity contribution in [3.05, 3.63) is 48.1 Å². The van der Waals surface area contributed by atoms with Crippen molar-refractivity contribution < 1.29 is 0 Å². The van der Waals surface area contributed by atoms with Crippen LogP contribution in [0.4, 0.5) is 11.8 Å². The number of fused-ring (bicyclic) bond motifs is 1. The summed E-state index contributed by atoms with van der Waals surface area (Å²) in [7, 11) is 0. The molecule has 1 aromatic carbocycles. The van der Waals surface area contributed by atoms with Crippen molar-refractivity contribution in [2.75, 3.05) is 36.0 Å². The number of benzene rings is 1. The summed E-state index contributed by atoms with van der Waals surface area (Å²) >= 11 is 1.65. The molecule has 0 atom stereocenters. The Morgan fingerprint density at radius 2 is 1.69 bits per heavy atom. The van der Waals surface area contributed by atoms with E-state index >= 15 is 0 Å². The molecule has 4 heterocycles. The molecule has 0 aliphatic carbocycles. The SMILES string of the molecule is c1ccc(-n2nnnc2N2CCN(c3ncnc4sccc34)CC2)cc1. The molecule has 0 spiro atoms. The first kappa shape index (κ1) is 15.2. The van der Waals surface area contributed by atoms with Crippen LogP contribution in [0.25, 0.3) is 15.9 Å². The molecule has 0 saturated carbocycles. The highest BCUT2D eigenvalue weighted by Gasteiger charge is 2.24. The maximum Gasteiger partial charge on any atom is 0.250 e. The van der Waals surface area contributed by atoms with Crippen molar-refractivity contribution >= 4 is 33.3 Å². The summed E-state index contributed by atoms with van der Waals surface area (Å²) in [5.41, 5.74) is 0.964. The van der Waals surface area contributed by atoms with Crippen LogP contribution in [0.15, 0.2) is 48.1 Å². The van der Waals surface area contributed by atoms with Gasteiger partial charge in [-0.3, -0.25) is 0 Å². The molecule has 130 valence electrons. The van der Waals surface area contributed by atoms with Crippen LogP contribution in [-0.4, -0.2) is 56.4 Å². The van der Waals surface area contributed by atoms with Crippen molar-refractivity contribution in [1.82, 2.24) is 30.2 Å². The minimum absolute atomic E-state index is 0.777. The van der Waals surface area contributed by atoms with Crippen LogP contribution in [0.5, 0.6) is 0 Å². The maximum absolute atomic E-state index is 4.51. The molecule has 9 heteroatoms. The van der Waals surface area contributed by atoms with Gasteiger partial charge in [0.05, 0.1) is 11.1 Å². The van der Waals surface area contributed by atoms with E-state index in [0.717, 1.165) is 53.8 Å². The van der Waals surface area contributed by atoms with Crippen LogP contribution in [0.1, 0.15) is 0 Å². The summed E-state index contributed by atoms with van der Waals surface area (Å²) in [5.74, 6) is 1.79. The van der Waals surface area contributed by atoms with Gasteiger partial charge < -0.3 is 9.80 Å². The molecule has 1 aliphatic rings.